The molecule has 1 aromatic carbocycles. The summed E-state index contributed by atoms with van der Waals surface area (Å²) in [5.41, 5.74) is 1.60. The maximum absolute atomic E-state index is 13.9. The molecule has 7 heteroatoms. The standard InChI is InChI=1S/C30H45N3O4/c1-6-8-13-23-21-12-10-11-14-24(21)33(19-26(35)30(3,4)5)29(37)27(31-23)32-28(36)22(18-20-16-17-20)25(34)15-9-7-2/h10-12,14,20,22,25,27,34H,6-9,13,15-19H2,1-5H3,(H,32,36)/t22-,25+,27?/m1/s1. The minimum atomic E-state index is -1.14. The molecular weight excluding hydrogens is 466 g/mol. The topological polar surface area (TPSA) is 99.1 Å². The van der Waals surface area contributed by atoms with E-state index in [-0.39, 0.29) is 18.2 Å². The van der Waals surface area contributed by atoms with Crippen molar-refractivity contribution >= 4 is 29.0 Å². The van der Waals surface area contributed by atoms with Gasteiger partial charge in [-0.2, -0.15) is 0 Å². The van der Waals surface area contributed by atoms with E-state index in [1.54, 1.807) is 0 Å². The first-order valence-electron chi connectivity index (χ1n) is 14.1. The van der Waals surface area contributed by atoms with Crippen molar-refractivity contribution in [2.45, 2.75) is 105 Å². The molecule has 204 valence electrons. The normalized spacial score (nSPS) is 19.5. The molecule has 3 rings (SSSR count). The minimum Gasteiger partial charge on any atom is -0.392 e. The van der Waals surface area contributed by atoms with Gasteiger partial charge < -0.3 is 15.3 Å². The lowest BCUT2D eigenvalue weighted by Gasteiger charge is -2.29. The molecule has 37 heavy (non-hydrogen) atoms. The summed E-state index contributed by atoms with van der Waals surface area (Å²) in [6.07, 6.45) is 5.74. The quantitative estimate of drug-likeness (QED) is 0.388. The highest BCUT2D eigenvalue weighted by atomic mass is 16.3. The van der Waals surface area contributed by atoms with Crippen molar-refractivity contribution in [3.8, 4) is 0 Å². The number of nitrogens with one attached hydrogen (secondary N) is 1. The number of Topliss-reactive ketones (excluding diaryl/α,β-unsaturated/α-hetero) is 1. The summed E-state index contributed by atoms with van der Waals surface area (Å²) in [4.78, 5) is 46.8. The summed E-state index contributed by atoms with van der Waals surface area (Å²) in [6.45, 7) is 9.59. The smallest absolute Gasteiger partial charge is 0.272 e. The van der Waals surface area contributed by atoms with Gasteiger partial charge in [-0.1, -0.05) is 84.9 Å². The Balaban J connectivity index is 1.95. The molecule has 0 bridgehead atoms. The van der Waals surface area contributed by atoms with Gasteiger partial charge in [-0.3, -0.25) is 19.4 Å². The number of nitrogens with zero attached hydrogens (tertiary/aromatic N) is 2. The van der Waals surface area contributed by atoms with E-state index in [1.807, 2.05) is 45.0 Å². The molecule has 0 spiro atoms. The summed E-state index contributed by atoms with van der Waals surface area (Å²) in [7, 11) is 0. The van der Waals surface area contributed by atoms with E-state index in [0.717, 1.165) is 49.8 Å². The number of benzodiazepines with no additional fused rings is 1. The van der Waals surface area contributed by atoms with Crippen LogP contribution in [0.1, 0.15) is 98.0 Å². The zero-order chi connectivity index (χ0) is 27.2. The molecule has 1 aliphatic carbocycles. The van der Waals surface area contributed by atoms with Gasteiger partial charge in [0.2, 0.25) is 12.1 Å². The highest BCUT2D eigenvalue weighted by Crippen LogP contribution is 2.37. The third kappa shape index (κ3) is 7.73. The van der Waals surface area contributed by atoms with Crippen LogP contribution in [0, 0.1) is 17.3 Å². The van der Waals surface area contributed by atoms with Crippen LogP contribution in [0.5, 0.6) is 0 Å². The zero-order valence-electron chi connectivity index (χ0n) is 23.3. The van der Waals surface area contributed by atoms with E-state index in [9.17, 15) is 19.5 Å². The average molecular weight is 512 g/mol. The number of aliphatic hydroxyl groups is 1. The molecule has 0 radical (unpaired) electrons. The Hall–Kier alpha value is -2.54. The Labute approximate surface area is 222 Å². The lowest BCUT2D eigenvalue weighted by molar-refractivity contribution is -0.133. The summed E-state index contributed by atoms with van der Waals surface area (Å²) in [6, 6.07) is 7.54. The number of anilines is 1. The number of carbonyl (C=O) groups is 3. The number of para-hydroxylation sites is 1. The van der Waals surface area contributed by atoms with E-state index in [1.165, 1.54) is 4.90 Å². The van der Waals surface area contributed by atoms with Crippen LogP contribution in [0.2, 0.25) is 0 Å². The van der Waals surface area contributed by atoms with Crippen LogP contribution in [0.4, 0.5) is 5.69 Å². The Morgan fingerprint density at radius 3 is 2.43 bits per heavy atom. The highest BCUT2D eigenvalue weighted by Gasteiger charge is 2.39. The van der Waals surface area contributed by atoms with Crippen molar-refractivity contribution in [2.75, 3.05) is 11.4 Å². The fourth-order valence-corrected chi connectivity index (χ4v) is 4.69. The van der Waals surface area contributed by atoms with Crippen molar-refractivity contribution in [1.29, 1.82) is 0 Å². The summed E-state index contributed by atoms with van der Waals surface area (Å²) >= 11 is 0. The first-order valence-corrected chi connectivity index (χ1v) is 14.1. The van der Waals surface area contributed by atoms with Crippen LogP contribution in [-0.2, 0) is 14.4 Å². The number of unbranched alkanes of at least 4 members (excludes halogenated alkanes) is 2. The Bertz CT molecular complexity index is 993. The number of hydrogen-bond donors (Lipinski definition) is 2. The van der Waals surface area contributed by atoms with Gasteiger partial charge in [-0.15, -0.1) is 0 Å². The molecule has 0 aromatic heterocycles. The second-order valence-electron chi connectivity index (χ2n) is 11.7. The Kier molecular flexibility index (Phi) is 10.0. The molecule has 3 atom stereocenters. The average Bonchev–Trinajstić information content (AvgIpc) is 3.69. The van der Waals surface area contributed by atoms with Gasteiger partial charge in [0.15, 0.2) is 5.78 Å². The fraction of sp³-hybridized carbons (Fsp3) is 0.667. The molecule has 1 unspecified atom stereocenters. The number of hydrogen-bond acceptors (Lipinski definition) is 5. The van der Waals surface area contributed by atoms with Crippen LogP contribution in [-0.4, -0.2) is 47.2 Å². The van der Waals surface area contributed by atoms with Gasteiger partial charge in [-0.25, -0.2) is 0 Å². The lowest BCUT2D eigenvalue weighted by Crippen LogP contribution is -2.52. The molecular formula is C30H45N3O4. The van der Waals surface area contributed by atoms with Gasteiger partial charge >= 0.3 is 0 Å². The predicted molar refractivity (Wildman–Crippen MR) is 148 cm³/mol. The van der Waals surface area contributed by atoms with E-state index >= 15 is 0 Å². The molecule has 2 aliphatic rings. The van der Waals surface area contributed by atoms with Crippen molar-refractivity contribution in [3.05, 3.63) is 29.8 Å². The summed E-state index contributed by atoms with van der Waals surface area (Å²) < 4.78 is 0. The van der Waals surface area contributed by atoms with E-state index in [0.29, 0.717) is 30.9 Å². The number of aliphatic imine (C=N–C) groups is 1. The van der Waals surface area contributed by atoms with Gasteiger partial charge in [0, 0.05) is 16.7 Å². The van der Waals surface area contributed by atoms with Crippen LogP contribution >= 0.6 is 0 Å². The SMILES string of the molecule is CCCCC1=NC(NC(=O)[C@H](CC2CC2)[C@@H](O)CCCC)C(=O)N(CC(=O)C(C)(C)C)c2ccccc21. The third-order valence-electron chi connectivity index (χ3n) is 7.41. The van der Waals surface area contributed by atoms with Crippen LogP contribution in [0.3, 0.4) is 0 Å². The molecule has 0 saturated heterocycles. The largest absolute Gasteiger partial charge is 0.392 e. The van der Waals surface area contributed by atoms with Gasteiger partial charge in [-0.05, 0) is 37.7 Å². The lowest BCUT2D eigenvalue weighted by atomic mass is 9.90. The van der Waals surface area contributed by atoms with Gasteiger partial charge in [0.1, 0.15) is 0 Å². The minimum absolute atomic E-state index is 0.0701. The molecule has 2 N–H and O–H groups in total. The van der Waals surface area contributed by atoms with Crippen LogP contribution in [0.15, 0.2) is 29.3 Å². The third-order valence-corrected chi connectivity index (χ3v) is 7.41. The van der Waals surface area contributed by atoms with Crippen molar-refractivity contribution < 1.29 is 19.5 Å². The maximum Gasteiger partial charge on any atom is 0.272 e. The molecule has 2 amide bonds. The molecule has 1 aromatic rings. The Morgan fingerprint density at radius 1 is 1.14 bits per heavy atom. The van der Waals surface area contributed by atoms with Crippen molar-refractivity contribution in [1.82, 2.24) is 5.32 Å². The summed E-state index contributed by atoms with van der Waals surface area (Å²) in [5, 5.41) is 13.8. The number of carbonyl (C=O) groups excluding carboxylic acids is 3. The Morgan fingerprint density at radius 2 is 1.81 bits per heavy atom. The fourth-order valence-electron chi connectivity index (χ4n) is 4.69. The van der Waals surface area contributed by atoms with Crippen LogP contribution in [0.25, 0.3) is 0 Å². The number of benzene rings is 1. The number of amides is 2. The van der Waals surface area contributed by atoms with Crippen molar-refractivity contribution in [3.63, 3.8) is 0 Å². The number of rotatable bonds is 13. The number of aliphatic hydroxyl groups excluding tert-OH is 1. The second-order valence-corrected chi connectivity index (χ2v) is 11.7. The van der Waals surface area contributed by atoms with E-state index in [4.69, 9.17) is 4.99 Å². The highest BCUT2D eigenvalue weighted by molar-refractivity contribution is 6.14. The molecule has 7 nitrogen and oxygen atoms in total. The summed E-state index contributed by atoms with van der Waals surface area (Å²) in [5.74, 6) is -0.944. The number of fused-ring (bicyclic) bond motifs is 1. The second kappa shape index (κ2) is 12.8. The predicted octanol–water partition coefficient (Wildman–Crippen LogP) is 5.04. The van der Waals surface area contributed by atoms with Crippen LogP contribution < -0.4 is 10.2 Å². The molecule has 1 heterocycles. The molecule has 1 fully saturated rings. The van der Waals surface area contributed by atoms with Gasteiger partial charge in [0.05, 0.1) is 24.3 Å². The van der Waals surface area contributed by atoms with E-state index in [2.05, 4.69) is 19.2 Å². The monoisotopic (exact) mass is 511 g/mol. The first kappa shape index (κ1) is 29.0. The zero-order valence-corrected chi connectivity index (χ0v) is 23.3. The number of ketones is 1. The van der Waals surface area contributed by atoms with Crippen molar-refractivity contribution in [2.24, 2.45) is 22.2 Å². The first-order chi connectivity index (χ1) is 17.6. The van der Waals surface area contributed by atoms with E-state index < -0.39 is 29.5 Å². The maximum atomic E-state index is 13.9. The van der Waals surface area contributed by atoms with Gasteiger partial charge in [0.25, 0.3) is 5.91 Å². The molecule has 1 saturated carbocycles. The molecule has 1 aliphatic heterocycles.